The van der Waals surface area contributed by atoms with Crippen LogP contribution in [0.1, 0.15) is 24.5 Å². The average molecular weight is 537 g/mol. The molecule has 0 unspecified atom stereocenters. The number of nitrogens with zero attached hydrogens (tertiary/aromatic N) is 5. The minimum atomic E-state index is 0. The lowest BCUT2D eigenvalue weighted by Crippen LogP contribution is -2.50. The van der Waals surface area contributed by atoms with Gasteiger partial charge in [-0.2, -0.15) is 0 Å². The number of carbonyl (C=O) groups is 1. The largest absolute Gasteiger partial charge is 0.357 e. The number of hydrogen-bond acceptors (Lipinski definition) is 5. The van der Waals surface area contributed by atoms with Crippen LogP contribution in [-0.4, -0.2) is 66.0 Å². The number of carbonyl (C=O) groups excluding carboxylic acids is 1. The number of anilines is 1. The van der Waals surface area contributed by atoms with Crippen LogP contribution in [0.4, 0.5) is 5.95 Å². The molecule has 1 aromatic carbocycles. The molecule has 0 atom stereocenters. The highest BCUT2D eigenvalue weighted by atomic mass is 127. The van der Waals surface area contributed by atoms with E-state index in [1.807, 2.05) is 17.9 Å². The van der Waals surface area contributed by atoms with Crippen molar-refractivity contribution in [2.45, 2.75) is 26.8 Å². The van der Waals surface area contributed by atoms with E-state index >= 15 is 0 Å². The van der Waals surface area contributed by atoms with Crippen molar-refractivity contribution in [1.29, 1.82) is 0 Å². The zero-order valence-electron chi connectivity index (χ0n) is 18.3. The molecule has 9 heteroatoms. The van der Waals surface area contributed by atoms with Gasteiger partial charge in [0.2, 0.25) is 11.9 Å². The second-order valence-electron chi connectivity index (χ2n) is 7.27. The van der Waals surface area contributed by atoms with Crippen molar-refractivity contribution in [3.63, 3.8) is 0 Å². The van der Waals surface area contributed by atoms with Crippen LogP contribution in [0.15, 0.2) is 47.7 Å². The van der Waals surface area contributed by atoms with E-state index in [0.29, 0.717) is 32.6 Å². The predicted octanol–water partition coefficient (Wildman–Crippen LogP) is 2.20. The molecule has 0 bridgehead atoms. The Morgan fingerprint density at radius 3 is 2.39 bits per heavy atom. The van der Waals surface area contributed by atoms with Gasteiger partial charge in [-0.25, -0.2) is 15.0 Å². The maximum atomic E-state index is 12.6. The number of amides is 1. The van der Waals surface area contributed by atoms with Gasteiger partial charge in [0.05, 0.1) is 6.54 Å². The summed E-state index contributed by atoms with van der Waals surface area (Å²) in [6.07, 6.45) is 3.93. The van der Waals surface area contributed by atoms with Crippen LogP contribution >= 0.6 is 24.0 Å². The quantitative estimate of drug-likeness (QED) is 0.320. The third kappa shape index (κ3) is 7.97. The van der Waals surface area contributed by atoms with Crippen LogP contribution in [0.5, 0.6) is 0 Å². The number of nitrogens with one attached hydrogen (secondary N) is 2. The van der Waals surface area contributed by atoms with Crippen molar-refractivity contribution < 1.29 is 4.79 Å². The standard InChI is InChI=1S/C22H31N7O.HI/c1-3-23-21(27-17-19-7-5-18(2)6-8-19)24-12-9-20(30)28-13-15-29(16-14-28)22-25-10-4-11-26-22;/h4-8,10-11H,3,9,12-17H2,1-2H3,(H2,23,24,27);1H. The van der Waals surface area contributed by atoms with Crippen LogP contribution in [0.3, 0.4) is 0 Å². The molecule has 8 nitrogen and oxygen atoms in total. The van der Waals surface area contributed by atoms with Gasteiger partial charge in [0.25, 0.3) is 0 Å². The second-order valence-corrected chi connectivity index (χ2v) is 7.27. The van der Waals surface area contributed by atoms with Gasteiger partial charge in [-0.05, 0) is 25.5 Å². The van der Waals surface area contributed by atoms with Gasteiger partial charge < -0.3 is 20.4 Å². The Kier molecular flexibility index (Phi) is 10.5. The molecule has 0 spiro atoms. The van der Waals surface area contributed by atoms with Crippen LogP contribution in [0.25, 0.3) is 0 Å². The lowest BCUT2D eigenvalue weighted by Gasteiger charge is -2.34. The smallest absolute Gasteiger partial charge is 0.225 e. The fraction of sp³-hybridized carbons (Fsp3) is 0.455. The minimum absolute atomic E-state index is 0. The van der Waals surface area contributed by atoms with Gasteiger partial charge in [-0.1, -0.05) is 29.8 Å². The number of benzene rings is 1. The fourth-order valence-electron chi connectivity index (χ4n) is 3.26. The summed E-state index contributed by atoms with van der Waals surface area (Å²) >= 11 is 0. The Labute approximate surface area is 201 Å². The Hall–Kier alpha value is -2.43. The fourth-order valence-corrected chi connectivity index (χ4v) is 3.26. The summed E-state index contributed by atoms with van der Waals surface area (Å²) in [7, 11) is 0. The number of guanidine groups is 1. The molecule has 2 heterocycles. The van der Waals surface area contributed by atoms with Crippen LogP contribution in [0, 0.1) is 6.92 Å². The summed E-state index contributed by atoms with van der Waals surface area (Å²) in [5.74, 6) is 1.62. The van der Waals surface area contributed by atoms with Crippen LogP contribution < -0.4 is 15.5 Å². The summed E-state index contributed by atoms with van der Waals surface area (Å²) in [6, 6.07) is 10.2. The van der Waals surface area contributed by atoms with Crippen molar-refractivity contribution in [1.82, 2.24) is 25.5 Å². The second kappa shape index (κ2) is 13.1. The molecule has 0 aliphatic carbocycles. The normalized spacial score (nSPS) is 14.1. The van der Waals surface area contributed by atoms with Gasteiger partial charge in [0.1, 0.15) is 0 Å². The molecule has 168 valence electrons. The topological polar surface area (TPSA) is 85.8 Å². The summed E-state index contributed by atoms with van der Waals surface area (Å²) in [6.45, 7) is 8.94. The molecule has 31 heavy (non-hydrogen) atoms. The van der Waals surface area contributed by atoms with Crippen molar-refractivity contribution in [3.05, 3.63) is 53.9 Å². The highest BCUT2D eigenvalue weighted by Crippen LogP contribution is 2.10. The first-order valence-corrected chi connectivity index (χ1v) is 10.5. The zero-order chi connectivity index (χ0) is 21.2. The Morgan fingerprint density at radius 2 is 1.74 bits per heavy atom. The summed E-state index contributed by atoms with van der Waals surface area (Å²) in [5.41, 5.74) is 2.40. The lowest BCUT2D eigenvalue weighted by atomic mass is 10.1. The van der Waals surface area contributed by atoms with Gasteiger partial charge in [0.15, 0.2) is 5.96 Å². The SMILES string of the molecule is CCNC(=NCc1ccc(C)cc1)NCCC(=O)N1CCN(c2ncccn2)CC1.I. The molecule has 0 radical (unpaired) electrons. The highest BCUT2D eigenvalue weighted by Gasteiger charge is 2.22. The molecule has 1 saturated heterocycles. The minimum Gasteiger partial charge on any atom is -0.357 e. The number of aromatic nitrogens is 2. The third-order valence-electron chi connectivity index (χ3n) is 4.98. The van der Waals surface area contributed by atoms with Crippen molar-refractivity contribution in [2.75, 3.05) is 44.2 Å². The molecule has 2 N–H and O–H groups in total. The van der Waals surface area contributed by atoms with E-state index in [-0.39, 0.29) is 29.9 Å². The number of aryl methyl sites for hydroxylation is 1. The average Bonchev–Trinajstić information content (AvgIpc) is 2.79. The molecule has 1 aromatic heterocycles. The van der Waals surface area contributed by atoms with E-state index in [0.717, 1.165) is 37.1 Å². The van der Waals surface area contributed by atoms with Gasteiger partial charge >= 0.3 is 0 Å². The first-order valence-electron chi connectivity index (χ1n) is 10.5. The highest BCUT2D eigenvalue weighted by molar-refractivity contribution is 14.0. The number of halogens is 1. The molecule has 1 amide bonds. The number of aliphatic imine (C=N–C) groups is 1. The molecular formula is C22H32IN7O. The first kappa shape index (κ1) is 24.8. The Balaban J connectivity index is 0.00000341. The van der Waals surface area contributed by atoms with E-state index < -0.39 is 0 Å². The number of rotatable bonds is 7. The summed E-state index contributed by atoms with van der Waals surface area (Å²) in [4.78, 5) is 29.8. The van der Waals surface area contributed by atoms with Gasteiger partial charge in [-0.15, -0.1) is 24.0 Å². The maximum absolute atomic E-state index is 12.6. The van der Waals surface area contributed by atoms with Crippen molar-refractivity contribution in [3.8, 4) is 0 Å². The first-order chi connectivity index (χ1) is 14.7. The van der Waals surface area contributed by atoms with E-state index in [9.17, 15) is 4.79 Å². The van der Waals surface area contributed by atoms with E-state index in [1.54, 1.807) is 12.4 Å². The van der Waals surface area contributed by atoms with Crippen molar-refractivity contribution >= 4 is 41.8 Å². The maximum Gasteiger partial charge on any atom is 0.225 e. The molecule has 0 saturated carbocycles. The van der Waals surface area contributed by atoms with E-state index in [4.69, 9.17) is 0 Å². The molecule has 1 aliphatic rings. The Bertz CT molecular complexity index is 822. The molecule has 1 fully saturated rings. The molecular weight excluding hydrogens is 505 g/mol. The van der Waals surface area contributed by atoms with Gasteiger partial charge in [0, 0.05) is 58.1 Å². The number of hydrogen-bond donors (Lipinski definition) is 2. The summed E-state index contributed by atoms with van der Waals surface area (Å²) in [5, 5.41) is 6.50. The monoisotopic (exact) mass is 537 g/mol. The van der Waals surface area contributed by atoms with Crippen LogP contribution in [-0.2, 0) is 11.3 Å². The zero-order valence-corrected chi connectivity index (χ0v) is 20.6. The predicted molar refractivity (Wildman–Crippen MR) is 135 cm³/mol. The molecule has 3 rings (SSSR count). The summed E-state index contributed by atoms with van der Waals surface area (Å²) < 4.78 is 0. The lowest BCUT2D eigenvalue weighted by molar-refractivity contribution is -0.131. The molecule has 1 aliphatic heterocycles. The van der Waals surface area contributed by atoms with E-state index in [1.165, 1.54) is 5.56 Å². The van der Waals surface area contributed by atoms with E-state index in [2.05, 4.69) is 61.7 Å². The van der Waals surface area contributed by atoms with Crippen molar-refractivity contribution in [2.24, 2.45) is 4.99 Å². The number of piperazine rings is 1. The molecule has 2 aromatic rings. The van der Waals surface area contributed by atoms with Gasteiger partial charge in [-0.3, -0.25) is 4.79 Å². The van der Waals surface area contributed by atoms with Crippen LogP contribution in [0.2, 0.25) is 0 Å². The Morgan fingerprint density at radius 1 is 1.06 bits per heavy atom. The third-order valence-corrected chi connectivity index (χ3v) is 4.98.